The van der Waals surface area contributed by atoms with Gasteiger partial charge >= 0.3 is 5.97 Å². The normalized spacial score (nSPS) is 11.2. The minimum absolute atomic E-state index is 0.124. The molecule has 0 amide bonds. The molecule has 4 N–H and O–H groups in total. The van der Waals surface area contributed by atoms with Gasteiger partial charge in [0.15, 0.2) is 0 Å². The van der Waals surface area contributed by atoms with Gasteiger partial charge in [-0.3, -0.25) is 4.79 Å². The van der Waals surface area contributed by atoms with Gasteiger partial charge in [0.2, 0.25) is 10.0 Å². The monoisotopic (exact) mass is 211 g/mol. The zero-order chi connectivity index (χ0) is 10.3. The highest BCUT2D eigenvalue weighted by molar-refractivity contribution is 7.88. The van der Waals surface area contributed by atoms with Crippen LogP contribution in [0.2, 0.25) is 0 Å². The van der Waals surface area contributed by atoms with Gasteiger partial charge in [0.25, 0.3) is 0 Å². The van der Waals surface area contributed by atoms with Gasteiger partial charge in [-0.2, -0.15) is 4.83 Å². The van der Waals surface area contributed by atoms with Crippen LogP contribution in [-0.4, -0.2) is 40.3 Å². The van der Waals surface area contributed by atoms with Crippen LogP contribution in [0.5, 0.6) is 0 Å². The number of hydrogen-bond donors (Lipinski definition) is 3. The van der Waals surface area contributed by atoms with Gasteiger partial charge < -0.3 is 10.5 Å². The molecule has 0 rings (SSSR count). The van der Waals surface area contributed by atoms with Crippen molar-refractivity contribution in [1.82, 2.24) is 10.3 Å². The minimum atomic E-state index is -3.33. The second-order valence-corrected chi connectivity index (χ2v) is 3.99. The molecular weight excluding hydrogens is 198 g/mol. The van der Waals surface area contributed by atoms with Crippen molar-refractivity contribution in [3.63, 3.8) is 0 Å². The molecule has 0 saturated heterocycles. The standard InChI is InChI=1S/C5H13N3O4S/c1-13(10,11)8-7-4-5(9)12-3-2-6/h7-8H,2-4,6H2,1H3. The summed E-state index contributed by atoms with van der Waals surface area (Å²) in [5.41, 5.74) is 7.25. The number of sulfonamides is 1. The highest BCUT2D eigenvalue weighted by Gasteiger charge is 2.03. The van der Waals surface area contributed by atoms with Crippen molar-refractivity contribution in [1.29, 1.82) is 0 Å². The number of hydrazine groups is 1. The summed E-state index contributed by atoms with van der Waals surface area (Å²) in [6.07, 6.45) is 0.964. The number of esters is 1. The number of carbonyl (C=O) groups excluding carboxylic acids is 1. The van der Waals surface area contributed by atoms with E-state index in [1.54, 1.807) is 0 Å². The molecule has 8 heteroatoms. The summed E-state index contributed by atoms with van der Waals surface area (Å²) in [4.78, 5) is 12.6. The Labute approximate surface area is 76.6 Å². The van der Waals surface area contributed by atoms with Crippen LogP contribution in [0, 0.1) is 0 Å². The topological polar surface area (TPSA) is 111 Å². The third-order valence-corrected chi connectivity index (χ3v) is 1.39. The van der Waals surface area contributed by atoms with E-state index in [-0.39, 0.29) is 19.7 Å². The van der Waals surface area contributed by atoms with Crippen LogP contribution in [0.15, 0.2) is 0 Å². The molecule has 0 saturated carbocycles. The second kappa shape index (κ2) is 5.86. The first-order chi connectivity index (χ1) is 5.95. The lowest BCUT2D eigenvalue weighted by molar-refractivity contribution is -0.142. The first-order valence-corrected chi connectivity index (χ1v) is 5.40. The van der Waals surface area contributed by atoms with Crippen molar-refractivity contribution >= 4 is 16.0 Å². The maximum atomic E-state index is 10.7. The molecule has 0 aliphatic rings. The van der Waals surface area contributed by atoms with E-state index < -0.39 is 16.0 Å². The zero-order valence-corrected chi connectivity index (χ0v) is 8.06. The number of nitrogens with one attached hydrogen (secondary N) is 2. The van der Waals surface area contributed by atoms with E-state index in [1.807, 2.05) is 4.83 Å². The summed E-state index contributed by atoms with van der Waals surface area (Å²) in [5, 5.41) is 0. The van der Waals surface area contributed by atoms with Crippen LogP contribution >= 0.6 is 0 Å². The largest absolute Gasteiger partial charge is 0.463 e. The third-order valence-electron chi connectivity index (χ3n) is 0.871. The molecular formula is C5H13N3O4S. The van der Waals surface area contributed by atoms with E-state index in [2.05, 4.69) is 10.2 Å². The van der Waals surface area contributed by atoms with Crippen molar-refractivity contribution < 1.29 is 17.9 Å². The van der Waals surface area contributed by atoms with Crippen molar-refractivity contribution in [3.8, 4) is 0 Å². The molecule has 0 aliphatic heterocycles. The van der Waals surface area contributed by atoms with Crippen molar-refractivity contribution in [2.75, 3.05) is 26.0 Å². The van der Waals surface area contributed by atoms with Crippen molar-refractivity contribution in [2.45, 2.75) is 0 Å². The first kappa shape index (κ1) is 12.3. The Morgan fingerprint density at radius 3 is 2.62 bits per heavy atom. The summed E-state index contributed by atoms with van der Waals surface area (Å²) in [6.45, 7) is 0.137. The number of rotatable bonds is 6. The molecule has 78 valence electrons. The van der Waals surface area contributed by atoms with Gasteiger partial charge in [-0.25, -0.2) is 13.8 Å². The summed E-state index contributed by atoms with van der Waals surface area (Å²) >= 11 is 0. The van der Waals surface area contributed by atoms with Gasteiger partial charge in [-0.1, -0.05) is 0 Å². The minimum Gasteiger partial charge on any atom is -0.463 e. The van der Waals surface area contributed by atoms with E-state index >= 15 is 0 Å². The second-order valence-electron chi connectivity index (χ2n) is 2.24. The predicted octanol–water partition coefficient (Wildman–Crippen LogP) is -2.46. The van der Waals surface area contributed by atoms with Crippen molar-refractivity contribution in [3.05, 3.63) is 0 Å². The first-order valence-electron chi connectivity index (χ1n) is 3.51. The van der Waals surface area contributed by atoms with E-state index in [0.717, 1.165) is 6.26 Å². The molecule has 0 aliphatic carbocycles. The zero-order valence-electron chi connectivity index (χ0n) is 7.24. The molecule has 13 heavy (non-hydrogen) atoms. The molecule has 0 aromatic carbocycles. The predicted molar refractivity (Wildman–Crippen MR) is 46.0 cm³/mol. The van der Waals surface area contributed by atoms with E-state index in [9.17, 15) is 13.2 Å². The lowest BCUT2D eigenvalue weighted by atomic mass is 10.6. The molecule has 0 atom stereocenters. The maximum Gasteiger partial charge on any atom is 0.321 e. The lowest BCUT2D eigenvalue weighted by Crippen LogP contribution is -2.40. The summed E-state index contributed by atoms with van der Waals surface area (Å²) < 4.78 is 25.5. The number of ether oxygens (including phenoxy) is 1. The Balaban J connectivity index is 3.49. The van der Waals surface area contributed by atoms with E-state index in [0.29, 0.717) is 0 Å². The number of hydrogen-bond acceptors (Lipinski definition) is 6. The molecule has 0 unspecified atom stereocenters. The lowest BCUT2D eigenvalue weighted by Gasteiger charge is -2.04. The van der Waals surface area contributed by atoms with Crippen molar-refractivity contribution in [2.24, 2.45) is 5.73 Å². The van der Waals surface area contributed by atoms with Gasteiger partial charge in [0.1, 0.15) is 13.2 Å². The third kappa shape index (κ3) is 9.21. The molecule has 0 heterocycles. The Morgan fingerprint density at radius 1 is 1.54 bits per heavy atom. The number of carbonyl (C=O) groups is 1. The Bertz CT molecular complexity index is 251. The molecule has 0 fully saturated rings. The van der Waals surface area contributed by atoms with Gasteiger partial charge in [0.05, 0.1) is 6.26 Å². The highest BCUT2D eigenvalue weighted by Crippen LogP contribution is 1.74. The quantitative estimate of drug-likeness (QED) is 0.332. The average molecular weight is 211 g/mol. The van der Waals surface area contributed by atoms with Crippen LogP contribution < -0.4 is 16.0 Å². The molecule has 0 spiro atoms. The van der Waals surface area contributed by atoms with E-state index in [4.69, 9.17) is 5.73 Å². The average Bonchev–Trinajstić information content (AvgIpc) is 1.98. The van der Waals surface area contributed by atoms with Crippen LogP contribution in [0.1, 0.15) is 0 Å². The Morgan fingerprint density at radius 2 is 2.15 bits per heavy atom. The van der Waals surface area contributed by atoms with Gasteiger partial charge in [-0.15, -0.1) is 0 Å². The fourth-order valence-corrected chi connectivity index (χ4v) is 0.797. The molecule has 0 bridgehead atoms. The smallest absolute Gasteiger partial charge is 0.321 e. The SMILES string of the molecule is CS(=O)(=O)NNCC(=O)OCCN. The van der Waals surface area contributed by atoms with Crippen LogP contribution in [0.25, 0.3) is 0 Å². The summed E-state index contributed by atoms with van der Waals surface area (Å²) in [7, 11) is -3.33. The fraction of sp³-hybridized carbons (Fsp3) is 0.800. The molecule has 0 aromatic rings. The fourth-order valence-electron chi connectivity index (χ4n) is 0.463. The molecule has 7 nitrogen and oxygen atoms in total. The molecule has 0 radical (unpaired) electrons. The maximum absolute atomic E-state index is 10.7. The van der Waals surface area contributed by atoms with Gasteiger partial charge in [-0.05, 0) is 0 Å². The molecule has 0 aromatic heterocycles. The van der Waals surface area contributed by atoms with Gasteiger partial charge in [0, 0.05) is 6.54 Å². The number of nitrogens with two attached hydrogens (primary N) is 1. The van der Waals surface area contributed by atoms with Crippen LogP contribution in [0.4, 0.5) is 0 Å². The summed E-state index contributed by atoms with van der Waals surface area (Å²) in [6, 6.07) is 0. The van der Waals surface area contributed by atoms with Crippen LogP contribution in [0.3, 0.4) is 0 Å². The Hall–Kier alpha value is -0.700. The van der Waals surface area contributed by atoms with E-state index in [1.165, 1.54) is 0 Å². The van der Waals surface area contributed by atoms with Crippen LogP contribution in [-0.2, 0) is 19.6 Å². The summed E-state index contributed by atoms with van der Waals surface area (Å²) in [5.74, 6) is -0.568. The Kier molecular flexibility index (Phi) is 5.55. The highest BCUT2D eigenvalue weighted by atomic mass is 32.2.